The summed E-state index contributed by atoms with van der Waals surface area (Å²) in [4.78, 5) is 12.9. The van der Waals surface area contributed by atoms with Gasteiger partial charge in [0.2, 0.25) is 0 Å². The number of hydrogen-bond donors (Lipinski definition) is 1. The van der Waals surface area contributed by atoms with Crippen molar-refractivity contribution < 1.29 is 9.18 Å². The molecular weight excluding hydrogens is 341 g/mol. The van der Waals surface area contributed by atoms with Gasteiger partial charge in [0.25, 0.3) is 5.91 Å². The quantitative estimate of drug-likeness (QED) is 0.647. The molecule has 2 aromatic rings. The van der Waals surface area contributed by atoms with Gasteiger partial charge in [-0.1, -0.05) is 15.9 Å². The van der Waals surface area contributed by atoms with Gasteiger partial charge in [0.1, 0.15) is 5.82 Å². The molecule has 104 valence electrons. The Labute approximate surface area is 129 Å². The minimum absolute atomic E-state index is 0.179. The zero-order valence-corrected chi connectivity index (χ0v) is 13.0. The third-order valence-corrected chi connectivity index (χ3v) is 4.12. The van der Waals surface area contributed by atoms with Crippen LogP contribution in [-0.4, -0.2) is 18.2 Å². The first-order valence-electron chi connectivity index (χ1n) is 6.07. The summed E-state index contributed by atoms with van der Waals surface area (Å²) in [6, 6.07) is 13.5. The second-order valence-electron chi connectivity index (χ2n) is 4.07. The molecule has 0 aromatic heterocycles. The molecule has 1 amide bonds. The molecule has 0 spiro atoms. The smallest absolute Gasteiger partial charge is 0.251 e. The Kier molecular flexibility index (Phi) is 5.61. The van der Waals surface area contributed by atoms with E-state index in [0.717, 1.165) is 15.1 Å². The topological polar surface area (TPSA) is 29.1 Å². The third-order valence-electron chi connectivity index (χ3n) is 2.58. The lowest BCUT2D eigenvalue weighted by Crippen LogP contribution is -2.25. The lowest BCUT2D eigenvalue weighted by atomic mass is 10.2. The Morgan fingerprint density at radius 3 is 2.40 bits per heavy atom. The SMILES string of the molecule is O=C(NCCSc1ccc(Br)cc1)c1ccc(F)cc1. The van der Waals surface area contributed by atoms with E-state index in [1.807, 2.05) is 24.3 Å². The van der Waals surface area contributed by atoms with E-state index in [4.69, 9.17) is 0 Å². The first kappa shape index (κ1) is 15.1. The molecule has 5 heteroatoms. The number of amides is 1. The zero-order valence-electron chi connectivity index (χ0n) is 10.6. The summed E-state index contributed by atoms with van der Waals surface area (Å²) in [7, 11) is 0. The predicted molar refractivity (Wildman–Crippen MR) is 83.6 cm³/mol. The van der Waals surface area contributed by atoms with E-state index in [-0.39, 0.29) is 11.7 Å². The number of carbonyl (C=O) groups is 1. The second kappa shape index (κ2) is 7.45. The van der Waals surface area contributed by atoms with Crippen LogP contribution in [0.2, 0.25) is 0 Å². The minimum atomic E-state index is -0.340. The van der Waals surface area contributed by atoms with E-state index in [1.54, 1.807) is 11.8 Å². The van der Waals surface area contributed by atoms with Gasteiger partial charge in [-0.25, -0.2) is 4.39 Å². The highest BCUT2D eigenvalue weighted by Crippen LogP contribution is 2.19. The Hall–Kier alpha value is -1.33. The molecule has 0 aliphatic carbocycles. The van der Waals surface area contributed by atoms with Gasteiger partial charge in [-0.15, -0.1) is 11.8 Å². The van der Waals surface area contributed by atoms with Crippen molar-refractivity contribution in [3.05, 3.63) is 64.4 Å². The van der Waals surface area contributed by atoms with Crippen LogP contribution in [0.25, 0.3) is 0 Å². The van der Waals surface area contributed by atoms with Crippen LogP contribution in [0, 0.1) is 5.82 Å². The summed E-state index contributed by atoms with van der Waals surface area (Å²) < 4.78 is 13.8. The molecule has 1 N–H and O–H groups in total. The van der Waals surface area contributed by atoms with Gasteiger partial charge >= 0.3 is 0 Å². The van der Waals surface area contributed by atoms with Crippen LogP contribution in [0.1, 0.15) is 10.4 Å². The Morgan fingerprint density at radius 2 is 1.75 bits per heavy atom. The van der Waals surface area contributed by atoms with Crippen LogP contribution >= 0.6 is 27.7 Å². The molecule has 0 radical (unpaired) electrons. The normalized spacial score (nSPS) is 10.3. The van der Waals surface area contributed by atoms with E-state index in [0.29, 0.717) is 12.1 Å². The van der Waals surface area contributed by atoms with Gasteiger partial charge in [0.15, 0.2) is 0 Å². The number of nitrogens with one attached hydrogen (secondary N) is 1. The van der Waals surface area contributed by atoms with Crippen molar-refractivity contribution in [3.63, 3.8) is 0 Å². The minimum Gasteiger partial charge on any atom is -0.351 e. The summed E-state index contributed by atoms with van der Waals surface area (Å²) in [5.74, 6) is 0.267. The van der Waals surface area contributed by atoms with Crippen LogP contribution in [-0.2, 0) is 0 Å². The van der Waals surface area contributed by atoms with Crippen molar-refractivity contribution in [2.24, 2.45) is 0 Å². The highest BCUT2D eigenvalue weighted by atomic mass is 79.9. The second-order valence-corrected chi connectivity index (χ2v) is 6.15. The molecule has 0 aliphatic rings. The van der Waals surface area contributed by atoms with E-state index < -0.39 is 0 Å². The van der Waals surface area contributed by atoms with Crippen LogP contribution in [0.4, 0.5) is 4.39 Å². The lowest BCUT2D eigenvalue weighted by Gasteiger charge is -2.05. The molecule has 0 aliphatic heterocycles. The first-order chi connectivity index (χ1) is 9.65. The third kappa shape index (κ3) is 4.65. The van der Waals surface area contributed by atoms with Gasteiger partial charge in [0, 0.05) is 27.2 Å². The van der Waals surface area contributed by atoms with E-state index in [2.05, 4.69) is 21.2 Å². The van der Waals surface area contributed by atoms with E-state index >= 15 is 0 Å². The first-order valence-corrected chi connectivity index (χ1v) is 7.85. The highest BCUT2D eigenvalue weighted by Gasteiger charge is 2.04. The summed E-state index contributed by atoms with van der Waals surface area (Å²) in [5, 5.41) is 2.81. The number of benzene rings is 2. The fourth-order valence-corrected chi connectivity index (χ4v) is 2.60. The number of thioether (sulfide) groups is 1. The number of carbonyl (C=O) groups excluding carboxylic acids is 1. The molecule has 0 fully saturated rings. The molecule has 0 bridgehead atoms. The molecule has 20 heavy (non-hydrogen) atoms. The molecule has 2 aromatic carbocycles. The number of halogens is 2. The predicted octanol–water partition coefficient (Wildman–Crippen LogP) is 4.11. The molecule has 0 unspecified atom stereocenters. The molecular formula is C15H13BrFNOS. The maximum atomic E-state index is 12.7. The monoisotopic (exact) mass is 353 g/mol. The highest BCUT2D eigenvalue weighted by molar-refractivity contribution is 9.10. The maximum absolute atomic E-state index is 12.7. The van der Waals surface area contributed by atoms with Gasteiger partial charge < -0.3 is 5.32 Å². The van der Waals surface area contributed by atoms with Crippen molar-refractivity contribution in [1.82, 2.24) is 5.32 Å². The van der Waals surface area contributed by atoms with Crippen molar-refractivity contribution in [1.29, 1.82) is 0 Å². The van der Waals surface area contributed by atoms with Gasteiger partial charge in [-0.05, 0) is 48.5 Å². The summed E-state index contributed by atoms with van der Waals surface area (Å²) in [6.45, 7) is 0.566. The molecule has 0 atom stereocenters. The summed E-state index contributed by atoms with van der Waals surface area (Å²) in [5.41, 5.74) is 0.472. The Morgan fingerprint density at radius 1 is 1.10 bits per heavy atom. The van der Waals surface area contributed by atoms with Gasteiger partial charge in [0.05, 0.1) is 0 Å². The van der Waals surface area contributed by atoms with Crippen molar-refractivity contribution >= 4 is 33.6 Å². The number of hydrogen-bond acceptors (Lipinski definition) is 2. The van der Waals surface area contributed by atoms with Crippen molar-refractivity contribution in [3.8, 4) is 0 Å². The molecule has 0 heterocycles. The van der Waals surface area contributed by atoms with Gasteiger partial charge in [-0.3, -0.25) is 4.79 Å². The number of rotatable bonds is 5. The molecule has 0 saturated carbocycles. The van der Waals surface area contributed by atoms with Crippen molar-refractivity contribution in [2.45, 2.75) is 4.90 Å². The maximum Gasteiger partial charge on any atom is 0.251 e. The molecule has 2 rings (SSSR count). The van der Waals surface area contributed by atoms with E-state index in [1.165, 1.54) is 24.3 Å². The lowest BCUT2D eigenvalue weighted by molar-refractivity contribution is 0.0956. The van der Waals surface area contributed by atoms with Gasteiger partial charge in [-0.2, -0.15) is 0 Å². The Bertz CT molecular complexity index is 571. The molecule has 0 saturated heterocycles. The summed E-state index contributed by atoms with van der Waals surface area (Å²) in [6.07, 6.45) is 0. The zero-order chi connectivity index (χ0) is 14.4. The van der Waals surface area contributed by atoms with Crippen LogP contribution in [0.3, 0.4) is 0 Å². The average Bonchev–Trinajstić information content (AvgIpc) is 2.46. The fraction of sp³-hybridized carbons (Fsp3) is 0.133. The van der Waals surface area contributed by atoms with E-state index in [9.17, 15) is 9.18 Å². The van der Waals surface area contributed by atoms with Crippen LogP contribution in [0.5, 0.6) is 0 Å². The summed E-state index contributed by atoms with van der Waals surface area (Å²) >= 11 is 5.06. The van der Waals surface area contributed by atoms with Crippen LogP contribution in [0.15, 0.2) is 57.9 Å². The molecule has 2 nitrogen and oxygen atoms in total. The van der Waals surface area contributed by atoms with Crippen molar-refractivity contribution in [2.75, 3.05) is 12.3 Å². The van der Waals surface area contributed by atoms with Crippen LogP contribution < -0.4 is 5.32 Å². The average molecular weight is 354 g/mol. The fourth-order valence-electron chi connectivity index (χ4n) is 1.57. The standard InChI is InChI=1S/C15H13BrFNOS/c16-12-3-7-14(8-4-12)20-10-9-18-15(19)11-1-5-13(17)6-2-11/h1-8H,9-10H2,(H,18,19). The Balaban J connectivity index is 1.74. The largest absolute Gasteiger partial charge is 0.351 e.